The van der Waals surface area contributed by atoms with E-state index in [0.717, 1.165) is 0 Å². The number of guanidine groups is 1. The van der Waals surface area contributed by atoms with Crippen LogP contribution in [0.1, 0.15) is 20.8 Å². The van der Waals surface area contributed by atoms with Crippen molar-refractivity contribution in [2.24, 2.45) is 10.7 Å². The Kier molecular flexibility index (Phi) is 5.20. The first-order valence-corrected chi connectivity index (χ1v) is 6.73. The van der Waals surface area contributed by atoms with Crippen LogP contribution in [0, 0.1) is 0 Å². The summed E-state index contributed by atoms with van der Waals surface area (Å²) in [5.41, 5.74) is 5.89. The molecule has 19 heavy (non-hydrogen) atoms. The fourth-order valence-electron chi connectivity index (χ4n) is 1.21. The van der Waals surface area contributed by atoms with Gasteiger partial charge in [-0.1, -0.05) is 11.6 Å². The van der Waals surface area contributed by atoms with E-state index in [0.29, 0.717) is 15.2 Å². The summed E-state index contributed by atoms with van der Waals surface area (Å²) < 4.78 is 0.711. The number of rotatable bonds is 1. The minimum Gasteiger partial charge on any atom is -0.369 e. The van der Waals surface area contributed by atoms with Crippen LogP contribution in [0.25, 0.3) is 0 Å². The molecule has 0 saturated heterocycles. The monoisotopic (exact) mass is 346 g/mol. The molecule has 0 bridgehead atoms. The number of carbonyl (C=O) groups excluding carboxylic acids is 1. The van der Waals surface area contributed by atoms with Gasteiger partial charge in [-0.05, 0) is 54.9 Å². The fourth-order valence-corrected chi connectivity index (χ4v) is 1.69. The molecule has 5 nitrogen and oxygen atoms in total. The maximum atomic E-state index is 11.6. The van der Waals surface area contributed by atoms with Crippen LogP contribution in [0.4, 0.5) is 10.5 Å². The molecule has 4 N–H and O–H groups in total. The van der Waals surface area contributed by atoms with Crippen LogP contribution in [0.2, 0.25) is 5.02 Å². The van der Waals surface area contributed by atoms with Crippen molar-refractivity contribution in [2.75, 3.05) is 0 Å². The standard InChI is InChI=1S/C12H16BrClN4O/c1-12(2,3)18-11(19)17-10(15)16-7-4-5-9(14)8(13)6-7/h4-6H,1-3H3,(H4,15,16,17,18,19). The second kappa shape index (κ2) is 6.25. The molecular weight excluding hydrogens is 332 g/mol. The van der Waals surface area contributed by atoms with Gasteiger partial charge in [-0.2, -0.15) is 0 Å². The number of nitrogens with two attached hydrogens (primary N) is 1. The Bertz CT molecular complexity index is 511. The van der Waals surface area contributed by atoms with E-state index in [2.05, 4.69) is 31.6 Å². The second-order valence-electron chi connectivity index (χ2n) is 4.92. The van der Waals surface area contributed by atoms with E-state index >= 15 is 0 Å². The molecule has 1 aromatic carbocycles. The van der Waals surface area contributed by atoms with E-state index in [-0.39, 0.29) is 11.5 Å². The molecule has 1 rings (SSSR count). The van der Waals surface area contributed by atoms with E-state index in [1.807, 2.05) is 20.8 Å². The molecule has 2 amide bonds. The molecule has 0 spiro atoms. The quantitative estimate of drug-likeness (QED) is 0.539. The largest absolute Gasteiger partial charge is 0.369 e. The zero-order chi connectivity index (χ0) is 14.6. The van der Waals surface area contributed by atoms with Crippen LogP contribution in [-0.4, -0.2) is 17.5 Å². The van der Waals surface area contributed by atoms with Gasteiger partial charge in [0.25, 0.3) is 0 Å². The van der Waals surface area contributed by atoms with Gasteiger partial charge in [0.1, 0.15) is 0 Å². The molecule has 0 aromatic heterocycles. The normalized spacial score (nSPS) is 12.2. The first-order chi connectivity index (χ1) is 8.67. The van der Waals surface area contributed by atoms with Crippen molar-refractivity contribution in [3.8, 4) is 0 Å². The van der Waals surface area contributed by atoms with Crippen LogP contribution < -0.4 is 16.4 Å². The highest BCUT2D eigenvalue weighted by atomic mass is 79.9. The van der Waals surface area contributed by atoms with E-state index in [1.165, 1.54) is 0 Å². The van der Waals surface area contributed by atoms with E-state index in [1.54, 1.807) is 18.2 Å². The van der Waals surface area contributed by atoms with Crippen molar-refractivity contribution >= 4 is 45.2 Å². The number of hydrogen-bond donors (Lipinski definition) is 3. The summed E-state index contributed by atoms with van der Waals surface area (Å²) >= 11 is 9.15. The van der Waals surface area contributed by atoms with Gasteiger partial charge < -0.3 is 11.1 Å². The topological polar surface area (TPSA) is 79.5 Å². The Morgan fingerprint density at radius 3 is 2.58 bits per heavy atom. The van der Waals surface area contributed by atoms with Crippen molar-refractivity contribution in [1.82, 2.24) is 10.6 Å². The molecule has 0 heterocycles. The zero-order valence-electron chi connectivity index (χ0n) is 10.9. The summed E-state index contributed by atoms with van der Waals surface area (Å²) in [7, 11) is 0. The zero-order valence-corrected chi connectivity index (χ0v) is 13.3. The van der Waals surface area contributed by atoms with Gasteiger partial charge in [-0.3, -0.25) is 5.32 Å². The predicted octanol–water partition coefficient (Wildman–Crippen LogP) is 3.15. The molecule has 0 unspecified atom stereocenters. The van der Waals surface area contributed by atoms with Crippen LogP contribution in [0.15, 0.2) is 27.7 Å². The fraction of sp³-hybridized carbons (Fsp3) is 0.333. The average Bonchev–Trinajstić information content (AvgIpc) is 2.20. The van der Waals surface area contributed by atoms with Gasteiger partial charge >= 0.3 is 6.03 Å². The van der Waals surface area contributed by atoms with Gasteiger partial charge in [0.05, 0.1) is 10.7 Å². The van der Waals surface area contributed by atoms with Crippen molar-refractivity contribution in [3.63, 3.8) is 0 Å². The van der Waals surface area contributed by atoms with Gasteiger partial charge in [0, 0.05) is 10.0 Å². The Morgan fingerprint density at radius 1 is 1.42 bits per heavy atom. The number of hydrogen-bond acceptors (Lipinski definition) is 2. The third-order valence-electron chi connectivity index (χ3n) is 1.88. The summed E-state index contributed by atoms with van der Waals surface area (Å²) in [6.07, 6.45) is 0. The van der Waals surface area contributed by atoms with Crippen LogP contribution in [0.3, 0.4) is 0 Å². The molecule has 0 atom stereocenters. The SMILES string of the molecule is CC(C)(C)NC(=O)NC(N)=Nc1ccc(Cl)c(Br)c1. The summed E-state index contributed by atoms with van der Waals surface area (Å²) in [4.78, 5) is 15.6. The van der Waals surface area contributed by atoms with Gasteiger partial charge in [-0.25, -0.2) is 9.79 Å². The van der Waals surface area contributed by atoms with Gasteiger partial charge in [-0.15, -0.1) is 0 Å². The highest BCUT2D eigenvalue weighted by molar-refractivity contribution is 9.10. The lowest BCUT2D eigenvalue weighted by atomic mass is 10.1. The molecule has 7 heteroatoms. The Balaban J connectivity index is 2.71. The number of aliphatic imine (C=N–C) groups is 1. The summed E-state index contributed by atoms with van der Waals surface area (Å²) in [5, 5.41) is 5.74. The maximum Gasteiger partial charge on any atom is 0.321 e. The number of amides is 2. The molecule has 0 aliphatic carbocycles. The van der Waals surface area contributed by atoms with Crippen LogP contribution >= 0.6 is 27.5 Å². The maximum absolute atomic E-state index is 11.6. The average molecular weight is 348 g/mol. The van der Waals surface area contributed by atoms with Crippen LogP contribution in [0.5, 0.6) is 0 Å². The van der Waals surface area contributed by atoms with Crippen LogP contribution in [-0.2, 0) is 0 Å². The molecule has 1 aromatic rings. The smallest absolute Gasteiger partial charge is 0.321 e. The number of nitrogens with zero attached hydrogens (tertiary/aromatic N) is 1. The Labute approximate surface area is 125 Å². The highest BCUT2D eigenvalue weighted by Gasteiger charge is 2.13. The Morgan fingerprint density at radius 2 is 2.05 bits per heavy atom. The minimum atomic E-state index is -0.401. The molecule has 0 aliphatic heterocycles. The lowest BCUT2D eigenvalue weighted by Crippen LogP contribution is -2.50. The summed E-state index contributed by atoms with van der Waals surface area (Å²) in [6, 6.07) is 4.69. The third-order valence-corrected chi connectivity index (χ3v) is 3.10. The first kappa shape index (κ1) is 15.8. The molecule has 0 aliphatic rings. The predicted molar refractivity (Wildman–Crippen MR) is 81.9 cm³/mol. The third kappa shape index (κ3) is 5.94. The number of nitrogens with one attached hydrogen (secondary N) is 2. The van der Waals surface area contributed by atoms with Crippen molar-refractivity contribution in [3.05, 3.63) is 27.7 Å². The minimum absolute atomic E-state index is 0.0102. The summed E-state index contributed by atoms with van der Waals surface area (Å²) in [6.45, 7) is 5.61. The summed E-state index contributed by atoms with van der Waals surface area (Å²) in [5.74, 6) is 0.0102. The molecule has 0 fully saturated rings. The highest BCUT2D eigenvalue weighted by Crippen LogP contribution is 2.26. The molecule has 0 radical (unpaired) electrons. The lowest BCUT2D eigenvalue weighted by Gasteiger charge is -2.20. The van der Waals surface area contributed by atoms with Gasteiger partial charge in [0.15, 0.2) is 0 Å². The number of benzene rings is 1. The van der Waals surface area contributed by atoms with Gasteiger partial charge in [0.2, 0.25) is 5.96 Å². The van der Waals surface area contributed by atoms with Crippen molar-refractivity contribution in [1.29, 1.82) is 0 Å². The Hall–Kier alpha value is -1.27. The first-order valence-electron chi connectivity index (χ1n) is 5.56. The van der Waals surface area contributed by atoms with E-state index in [9.17, 15) is 4.79 Å². The number of carbonyl (C=O) groups is 1. The number of halogens is 2. The molecule has 0 saturated carbocycles. The van der Waals surface area contributed by atoms with Crippen molar-refractivity contribution in [2.45, 2.75) is 26.3 Å². The second-order valence-corrected chi connectivity index (χ2v) is 6.19. The lowest BCUT2D eigenvalue weighted by molar-refractivity contribution is 0.236. The van der Waals surface area contributed by atoms with E-state index < -0.39 is 6.03 Å². The van der Waals surface area contributed by atoms with Crippen molar-refractivity contribution < 1.29 is 4.79 Å². The number of urea groups is 1. The molecular formula is C12H16BrClN4O. The molecule has 104 valence electrons. The van der Waals surface area contributed by atoms with E-state index in [4.69, 9.17) is 17.3 Å².